The first kappa shape index (κ1) is 29.5. The van der Waals surface area contributed by atoms with Gasteiger partial charge in [-0.2, -0.15) is 0 Å². The molecule has 6 N–H and O–H groups in total. The fraction of sp³-hybridized carbons (Fsp3) is 0.222. The highest BCUT2D eigenvalue weighted by atomic mass is 16.7. The van der Waals surface area contributed by atoms with Crippen LogP contribution in [0.3, 0.4) is 0 Å². The van der Waals surface area contributed by atoms with E-state index in [1.807, 2.05) is 0 Å². The van der Waals surface area contributed by atoms with Crippen molar-refractivity contribution in [3.63, 3.8) is 0 Å². The van der Waals surface area contributed by atoms with Crippen LogP contribution in [0.4, 0.5) is 0 Å². The minimum Gasteiger partial charge on any atom is -0.508 e. The number of aromatic hydroxyl groups is 5. The third-order valence-corrected chi connectivity index (χ3v) is 5.35. The Labute approximate surface area is 227 Å². The number of aliphatic hydroxyl groups is 1. The largest absolute Gasteiger partial charge is 0.508 e. The van der Waals surface area contributed by atoms with Crippen molar-refractivity contribution >= 4 is 17.9 Å². The number of aliphatic hydroxyl groups excluding tert-OH is 1. The smallest absolute Gasteiger partial charge is 0.340 e. The van der Waals surface area contributed by atoms with Crippen molar-refractivity contribution in [1.29, 1.82) is 0 Å². The van der Waals surface area contributed by atoms with Crippen LogP contribution in [0.25, 0.3) is 0 Å². The summed E-state index contributed by atoms with van der Waals surface area (Å²) in [6.45, 7) is 1.76. The van der Waals surface area contributed by atoms with Gasteiger partial charge in [-0.05, 0) is 61.5 Å². The van der Waals surface area contributed by atoms with Gasteiger partial charge >= 0.3 is 17.9 Å². The molecule has 1 saturated heterocycles. The van der Waals surface area contributed by atoms with E-state index in [2.05, 4.69) is 0 Å². The van der Waals surface area contributed by atoms with Gasteiger partial charge in [0, 0.05) is 0 Å². The maximum atomic E-state index is 12.1. The maximum Gasteiger partial charge on any atom is 0.340 e. The number of benzene rings is 3. The Morgan fingerprint density at radius 2 is 1.30 bits per heavy atom. The number of hydrogen-bond donors (Lipinski definition) is 6. The summed E-state index contributed by atoms with van der Waals surface area (Å²) in [6.07, 6.45) is -3.89. The Morgan fingerprint density at radius 1 is 0.750 bits per heavy atom. The van der Waals surface area contributed by atoms with E-state index in [0.717, 1.165) is 18.2 Å². The van der Waals surface area contributed by atoms with Crippen LogP contribution in [-0.4, -0.2) is 80.3 Å². The Morgan fingerprint density at radius 3 is 1.85 bits per heavy atom. The molecule has 3 atom stereocenters. The van der Waals surface area contributed by atoms with Crippen molar-refractivity contribution in [2.24, 2.45) is 0 Å². The van der Waals surface area contributed by atoms with Crippen LogP contribution < -0.4 is 0 Å². The third-order valence-electron chi connectivity index (χ3n) is 5.35. The van der Waals surface area contributed by atoms with E-state index >= 15 is 0 Å². The molecule has 1 aliphatic rings. The minimum atomic E-state index is -1.43. The first-order chi connectivity index (χ1) is 19.0. The van der Waals surface area contributed by atoms with Crippen LogP contribution >= 0.6 is 0 Å². The van der Waals surface area contributed by atoms with Crippen LogP contribution in [0.2, 0.25) is 0 Å². The number of carbonyl (C=O) groups is 3. The molecule has 1 fully saturated rings. The summed E-state index contributed by atoms with van der Waals surface area (Å²) in [5, 5.41) is 56.2. The summed E-state index contributed by atoms with van der Waals surface area (Å²) in [6, 6.07) is 12.6. The first-order valence-electron chi connectivity index (χ1n) is 11.7. The van der Waals surface area contributed by atoms with E-state index in [-0.39, 0.29) is 47.2 Å². The lowest BCUT2D eigenvalue weighted by molar-refractivity contribution is -0.121. The second-order valence-electron chi connectivity index (χ2n) is 8.22. The molecule has 40 heavy (non-hydrogen) atoms. The lowest BCUT2D eigenvalue weighted by atomic mass is 10.2. The predicted octanol–water partition coefficient (Wildman–Crippen LogP) is 2.18. The second-order valence-corrected chi connectivity index (χ2v) is 8.22. The van der Waals surface area contributed by atoms with E-state index in [1.165, 1.54) is 42.5 Å². The van der Waals surface area contributed by atoms with Crippen LogP contribution in [0.5, 0.6) is 28.7 Å². The van der Waals surface area contributed by atoms with Crippen LogP contribution in [0.1, 0.15) is 38.0 Å². The van der Waals surface area contributed by atoms with Crippen LogP contribution in [-0.2, 0) is 18.9 Å². The number of phenolic OH excluding ortho intramolecular Hbond substituents is 5. The summed E-state index contributed by atoms with van der Waals surface area (Å²) in [5.74, 6) is -3.80. The van der Waals surface area contributed by atoms with Crippen LogP contribution in [0, 0.1) is 0 Å². The van der Waals surface area contributed by atoms with Crippen molar-refractivity contribution in [3.8, 4) is 28.7 Å². The molecular formula is C27H26O13. The highest BCUT2D eigenvalue weighted by Crippen LogP contribution is 2.27. The summed E-state index contributed by atoms with van der Waals surface area (Å²) in [7, 11) is 0. The van der Waals surface area contributed by atoms with Gasteiger partial charge in [0.2, 0.25) is 6.29 Å². The van der Waals surface area contributed by atoms with Gasteiger partial charge in [-0.1, -0.05) is 6.07 Å². The molecule has 1 heterocycles. The van der Waals surface area contributed by atoms with E-state index < -0.39 is 47.9 Å². The molecular weight excluding hydrogens is 532 g/mol. The van der Waals surface area contributed by atoms with E-state index in [4.69, 9.17) is 29.2 Å². The summed E-state index contributed by atoms with van der Waals surface area (Å²) >= 11 is 0. The Hall–Kier alpha value is -5.01. The lowest BCUT2D eigenvalue weighted by Crippen LogP contribution is -2.36. The molecule has 0 amide bonds. The molecule has 3 unspecified atom stereocenters. The molecule has 0 saturated carbocycles. The molecule has 1 aliphatic heterocycles. The fourth-order valence-electron chi connectivity index (χ4n) is 3.30. The van der Waals surface area contributed by atoms with Crippen molar-refractivity contribution in [2.75, 3.05) is 13.2 Å². The molecule has 0 bridgehead atoms. The quantitative estimate of drug-likeness (QED) is 0.146. The van der Waals surface area contributed by atoms with Gasteiger partial charge in [-0.15, -0.1) is 0 Å². The molecule has 3 aromatic carbocycles. The number of rotatable bonds is 6. The van der Waals surface area contributed by atoms with Crippen molar-refractivity contribution in [2.45, 2.75) is 25.4 Å². The van der Waals surface area contributed by atoms with Gasteiger partial charge in [-0.25, -0.2) is 14.4 Å². The number of hydrogen-bond acceptors (Lipinski definition) is 13. The maximum absolute atomic E-state index is 12.1. The van der Waals surface area contributed by atoms with Crippen molar-refractivity contribution < 1.29 is 64.0 Å². The molecule has 4 rings (SSSR count). The topological polar surface area (TPSA) is 210 Å². The monoisotopic (exact) mass is 558 g/mol. The molecule has 212 valence electrons. The van der Waals surface area contributed by atoms with Gasteiger partial charge in [0.05, 0.1) is 29.9 Å². The molecule has 13 nitrogen and oxygen atoms in total. The number of esters is 3. The Balaban J connectivity index is 0.000000285. The normalized spacial score (nSPS) is 17.7. The SMILES string of the molecule is CCOC(=O)c1ccc(O)c(O)c1.O=C(OC1COC(OC(=O)c2cccc(O)c2)C1O)c1ccc(O)c(O)c1. The lowest BCUT2D eigenvalue weighted by Gasteiger charge is -2.18. The number of phenols is 5. The molecule has 0 radical (unpaired) electrons. The van der Waals surface area contributed by atoms with Crippen molar-refractivity contribution in [3.05, 3.63) is 77.4 Å². The van der Waals surface area contributed by atoms with E-state index in [9.17, 15) is 34.8 Å². The number of ether oxygens (including phenoxy) is 4. The minimum absolute atomic E-state index is 0.0438. The van der Waals surface area contributed by atoms with Crippen LogP contribution in [0.15, 0.2) is 60.7 Å². The molecule has 0 aromatic heterocycles. The zero-order valence-corrected chi connectivity index (χ0v) is 21.0. The number of carbonyl (C=O) groups excluding carboxylic acids is 3. The molecule has 0 aliphatic carbocycles. The van der Waals surface area contributed by atoms with Gasteiger partial charge in [0.25, 0.3) is 0 Å². The average molecular weight is 558 g/mol. The standard InChI is InChI=1S/C18H16O9.C9H10O4/c19-11-3-1-2-9(6-11)17(24)27-18-15(22)14(8-25-18)26-16(23)10-4-5-12(20)13(21)7-10;1-2-13-9(12)6-3-4-7(10)8(11)5-6/h1-7,14-15,18-22H,8H2;3-5,10-11H,2H2,1H3. The van der Waals surface area contributed by atoms with Gasteiger partial charge in [-0.3, -0.25) is 0 Å². The second kappa shape index (κ2) is 13.2. The van der Waals surface area contributed by atoms with Gasteiger partial charge in [0.1, 0.15) is 5.75 Å². The summed E-state index contributed by atoms with van der Waals surface area (Å²) < 4.78 is 20.0. The summed E-state index contributed by atoms with van der Waals surface area (Å²) in [4.78, 5) is 35.2. The van der Waals surface area contributed by atoms with Gasteiger partial charge in [0.15, 0.2) is 35.2 Å². The zero-order valence-electron chi connectivity index (χ0n) is 21.0. The highest BCUT2D eigenvalue weighted by Gasteiger charge is 2.41. The van der Waals surface area contributed by atoms with E-state index in [1.54, 1.807) is 6.92 Å². The molecule has 13 heteroatoms. The van der Waals surface area contributed by atoms with E-state index in [0.29, 0.717) is 0 Å². The third kappa shape index (κ3) is 7.52. The molecule has 0 spiro atoms. The predicted molar refractivity (Wildman–Crippen MR) is 134 cm³/mol. The Kier molecular flexibility index (Phi) is 9.73. The molecule has 3 aromatic rings. The highest BCUT2D eigenvalue weighted by molar-refractivity contribution is 5.91. The zero-order chi connectivity index (χ0) is 29.4. The first-order valence-corrected chi connectivity index (χ1v) is 11.7. The average Bonchev–Trinajstić information content (AvgIpc) is 3.26. The fourth-order valence-corrected chi connectivity index (χ4v) is 3.30. The van der Waals surface area contributed by atoms with Gasteiger partial charge < -0.3 is 49.6 Å². The summed E-state index contributed by atoms with van der Waals surface area (Å²) in [5.41, 5.74) is 0.237. The Bertz CT molecular complexity index is 1370. The van der Waals surface area contributed by atoms with Crippen molar-refractivity contribution in [1.82, 2.24) is 0 Å².